The van der Waals surface area contributed by atoms with Crippen molar-refractivity contribution in [3.63, 3.8) is 0 Å². The molecule has 0 aliphatic heterocycles. The number of carboxylic acid groups (broad SMARTS) is 1. The molecule has 4 aromatic carbocycles. The van der Waals surface area contributed by atoms with E-state index >= 15 is 0 Å². The van der Waals surface area contributed by atoms with Crippen molar-refractivity contribution in [2.24, 2.45) is 5.18 Å². The van der Waals surface area contributed by atoms with Crippen LogP contribution in [0.3, 0.4) is 0 Å². The van der Waals surface area contributed by atoms with Crippen LogP contribution >= 0.6 is 11.6 Å². The molecule has 0 amide bonds. The van der Waals surface area contributed by atoms with Crippen LogP contribution in [0.25, 0.3) is 11.1 Å². The van der Waals surface area contributed by atoms with Crippen molar-refractivity contribution in [2.45, 2.75) is 44.7 Å². The fraction of sp³-hybridized carbons (Fsp3) is 0.235. The van der Waals surface area contributed by atoms with E-state index in [1.54, 1.807) is 54.6 Å². The number of hydrogen-bond acceptors (Lipinski definition) is 9. The van der Waals surface area contributed by atoms with Crippen molar-refractivity contribution < 1.29 is 34.0 Å². The molecule has 4 N–H and O–H groups in total. The highest BCUT2D eigenvalue weighted by Crippen LogP contribution is 2.43. The number of fused-ring (bicyclic) bond motifs is 1. The van der Waals surface area contributed by atoms with Crippen molar-refractivity contribution in [3.8, 4) is 34.4 Å². The van der Waals surface area contributed by atoms with Gasteiger partial charge in [-0.15, -0.1) is 0 Å². The molecule has 2 atom stereocenters. The zero-order valence-corrected chi connectivity index (χ0v) is 25.1. The maximum absolute atomic E-state index is 14.8. The zero-order chi connectivity index (χ0) is 32.8. The molecule has 0 unspecified atom stereocenters. The Labute approximate surface area is 268 Å². The van der Waals surface area contributed by atoms with Gasteiger partial charge in [-0.25, -0.2) is 4.39 Å². The van der Waals surface area contributed by atoms with Gasteiger partial charge in [0, 0.05) is 23.7 Å². The summed E-state index contributed by atoms with van der Waals surface area (Å²) in [6.07, 6.45) is 0.744. The third-order valence-corrected chi connectivity index (χ3v) is 8.01. The molecular weight excluding hydrogens is 617 g/mol. The highest BCUT2D eigenvalue weighted by molar-refractivity contribution is 6.32. The summed E-state index contributed by atoms with van der Waals surface area (Å²) in [4.78, 5) is 22.3. The Hall–Kier alpha value is -5.02. The van der Waals surface area contributed by atoms with Crippen molar-refractivity contribution in [2.75, 3.05) is 6.61 Å². The van der Waals surface area contributed by atoms with E-state index in [0.29, 0.717) is 52.2 Å². The fourth-order valence-corrected chi connectivity index (χ4v) is 5.74. The second-order valence-corrected chi connectivity index (χ2v) is 11.1. The van der Waals surface area contributed by atoms with Crippen LogP contribution in [0.5, 0.6) is 17.2 Å². The molecule has 0 heterocycles. The number of aliphatic hydroxyl groups excluding tert-OH is 1. The lowest BCUT2D eigenvalue weighted by Gasteiger charge is -2.20. The average Bonchev–Trinajstić information content (AvgIpc) is 3.46. The van der Waals surface area contributed by atoms with E-state index in [4.69, 9.17) is 21.1 Å². The van der Waals surface area contributed by atoms with Gasteiger partial charge >= 0.3 is 5.97 Å². The smallest absolute Gasteiger partial charge is 0.323 e. The van der Waals surface area contributed by atoms with Crippen molar-refractivity contribution in [1.29, 1.82) is 5.26 Å². The number of phenolic OH excluding ortho intramolecular Hbond substituents is 1. The van der Waals surface area contributed by atoms with Gasteiger partial charge in [-0.05, 0) is 64.9 Å². The molecule has 0 fully saturated rings. The number of nitrogens with one attached hydrogen (secondary N) is 1. The van der Waals surface area contributed by atoms with E-state index in [-0.39, 0.29) is 30.3 Å². The molecule has 0 saturated heterocycles. The summed E-state index contributed by atoms with van der Waals surface area (Å²) in [5.41, 5.74) is 4.66. The zero-order valence-electron chi connectivity index (χ0n) is 24.4. The lowest BCUT2D eigenvalue weighted by Crippen LogP contribution is -2.39. The second-order valence-electron chi connectivity index (χ2n) is 10.7. The first kappa shape index (κ1) is 32.4. The Balaban J connectivity index is 1.45. The number of carbonyl (C=O) groups is 1. The minimum atomic E-state index is -1.23. The van der Waals surface area contributed by atoms with Gasteiger partial charge in [0.1, 0.15) is 36.8 Å². The number of nitroso groups, excluding NO2 is 1. The molecule has 4 aromatic rings. The number of hydrogen-bond donors (Lipinski definition) is 4. The van der Waals surface area contributed by atoms with Gasteiger partial charge in [0.25, 0.3) is 0 Å². The van der Waals surface area contributed by atoms with Gasteiger partial charge in [0.15, 0.2) is 11.6 Å². The molecule has 0 spiro atoms. The minimum Gasteiger partial charge on any atom is -0.505 e. The third-order valence-electron chi connectivity index (χ3n) is 7.71. The SMILES string of the molecule is N#Cc1cc(CN=O)cc(COc2cc(O[C@H]3CCc4c(-c5cccc(O)c5F)cccc43)c(Cl)cc2CN[C@@H](CO)C(=O)O)c1. The highest BCUT2D eigenvalue weighted by Gasteiger charge is 2.29. The first-order valence-corrected chi connectivity index (χ1v) is 14.7. The highest BCUT2D eigenvalue weighted by atomic mass is 35.5. The largest absolute Gasteiger partial charge is 0.505 e. The van der Waals surface area contributed by atoms with Crippen LogP contribution in [-0.4, -0.2) is 33.9 Å². The molecule has 0 saturated carbocycles. The Kier molecular flexibility index (Phi) is 10.1. The van der Waals surface area contributed by atoms with E-state index in [0.717, 1.165) is 11.1 Å². The Morgan fingerprint density at radius 2 is 1.87 bits per heavy atom. The lowest BCUT2D eigenvalue weighted by atomic mass is 9.96. The minimum absolute atomic E-state index is 0.0110. The maximum Gasteiger partial charge on any atom is 0.323 e. The van der Waals surface area contributed by atoms with Gasteiger partial charge in [-0.2, -0.15) is 10.2 Å². The predicted octanol–water partition coefficient (Wildman–Crippen LogP) is 6.17. The summed E-state index contributed by atoms with van der Waals surface area (Å²) in [7, 11) is 0. The molecule has 0 bridgehead atoms. The molecular formula is C34H29ClFN3O7. The van der Waals surface area contributed by atoms with Crippen LogP contribution in [0.1, 0.15) is 45.9 Å². The first-order valence-electron chi connectivity index (χ1n) is 14.3. The molecule has 236 valence electrons. The van der Waals surface area contributed by atoms with Gasteiger partial charge in [0.05, 0.1) is 23.3 Å². The number of phenols is 1. The number of carboxylic acids is 1. The van der Waals surface area contributed by atoms with E-state index in [2.05, 4.69) is 16.6 Å². The maximum atomic E-state index is 14.8. The van der Waals surface area contributed by atoms with Gasteiger partial charge in [-0.1, -0.05) is 53.2 Å². The number of benzene rings is 4. The van der Waals surface area contributed by atoms with E-state index in [9.17, 15) is 34.7 Å². The molecule has 1 aliphatic carbocycles. The number of nitrogens with zero attached hydrogens (tertiary/aromatic N) is 2. The van der Waals surface area contributed by atoms with Crippen LogP contribution in [0.2, 0.25) is 5.02 Å². The number of rotatable bonds is 13. The van der Waals surface area contributed by atoms with E-state index in [1.807, 2.05) is 6.07 Å². The molecule has 12 heteroatoms. The van der Waals surface area contributed by atoms with E-state index in [1.165, 1.54) is 6.07 Å². The van der Waals surface area contributed by atoms with Crippen molar-refractivity contribution >= 4 is 17.6 Å². The monoisotopic (exact) mass is 645 g/mol. The summed E-state index contributed by atoms with van der Waals surface area (Å²) in [6, 6.07) is 18.9. The van der Waals surface area contributed by atoms with Crippen molar-refractivity contribution in [1.82, 2.24) is 5.32 Å². The molecule has 5 rings (SSSR count). The molecule has 46 heavy (non-hydrogen) atoms. The van der Waals surface area contributed by atoms with Gasteiger partial charge < -0.3 is 24.8 Å². The normalized spacial score (nSPS) is 14.3. The Bertz CT molecular complexity index is 1830. The van der Waals surface area contributed by atoms with Gasteiger partial charge in [0.2, 0.25) is 0 Å². The second kappa shape index (κ2) is 14.4. The first-order chi connectivity index (χ1) is 22.2. The summed E-state index contributed by atoms with van der Waals surface area (Å²) >= 11 is 6.67. The number of aromatic hydroxyl groups is 1. The number of nitriles is 1. The van der Waals surface area contributed by atoms with Crippen LogP contribution in [-0.2, 0) is 30.9 Å². The molecule has 1 aliphatic rings. The van der Waals surface area contributed by atoms with Crippen LogP contribution in [0, 0.1) is 22.1 Å². The molecule has 0 aromatic heterocycles. The number of aliphatic hydroxyl groups is 1. The van der Waals surface area contributed by atoms with Gasteiger partial charge in [-0.3, -0.25) is 10.1 Å². The van der Waals surface area contributed by atoms with Crippen LogP contribution in [0.15, 0.2) is 71.9 Å². The van der Waals surface area contributed by atoms with Crippen LogP contribution in [0.4, 0.5) is 4.39 Å². The van der Waals surface area contributed by atoms with Crippen LogP contribution < -0.4 is 14.8 Å². The Morgan fingerprint density at radius 3 is 2.61 bits per heavy atom. The summed E-state index contributed by atoms with van der Waals surface area (Å²) in [6.45, 7) is -0.777. The molecule has 0 radical (unpaired) electrons. The number of ether oxygens (including phenoxy) is 2. The summed E-state index contributed by atoms with van der Waals surface area (Å²) in [5.74, 6) is -1.76. The van der Waals surface area contributed by atoms with E-state index < -0.39 is 36.3 Å². The standard InChI is InChI=1S/C34H29ClFN3O7/c35-27-12-22(16-38-28(17-40)34(42)43)31(45-18-21-10-19(14-37)9-20(11-21)15-39-44)13-32(27)46-30-8-7-24-23(3-1-4-25(24)30)26-5-2-6-29(41)33(26)36/h1-6,9-13,28,30,38,40-41H,7-8,15-18H2,(H,42,43)/t28-,30-/m0/s1. The predicted molar refractivity (Wildman–Crippen MR) is 167 cm³/mol. The lowest BCUT2D eigenvalue weighted by molar-refractivity contribution is -0.140. The summed E-state index contributed by atoms with van der Waals surface area (Å²) < 4.78 is 27.4. The average molecular weight is 646 g/mol. The molecule has 10 nitrogen and oxygen atoms in total. The fourth-order valence-electron chi connectivity index (χ4n) is 5.51. The summed E-state index contributed by atoms with van der Waals surface area (Å²) in [5, 5.41) is 44.1. The third kappa shape index (κ3) is 7.10. The number of aliphatic carboxylic acids is 1. The quantitative estimate of drug-likeness (QED) is 0.125. The van der Waals surface area contributed by atoms with Crippen molar-refractivity contribution in [3.05, 3.63) is 116 Å². The Morgan fingerprint density at radius 1 is 1.11 bits per heavy atom. The topological polar surface area (TPSA) is 161 Å². The number of halogens is 2.